The lowest BCUT2D eigenvalue weighted by Crippen LogP contribution is -2.44. The minimum absolute atomic E-state index is 0.0187. The molecule has 5 atom stereocenters. The summed E-state index contributed by atoms with van der Waals surface area (Å²) in [6.07, 6.45) is 7.80. The average Bonchev–Trinajstić information content (AvgIpc) is 3.09. The van der Waals surface area contributed by atoms with E-state index in [0.29, 0.717) is 17.3 Å². The Morgan fingerprint density at radius 2 is 2.00 bits per heavy atom. The van der Waals surface area contributed by atoms with Crippen molar-refractivity contribution in [2.24, 2.45) is 23.2 Å². The topological polar surface area (TPSA) is 21.8 Å². The molecule has 0 amide bonds. The van der Waals surface area contributed by atoms with E-state index < -0.39 is 0 Å². The minimum Gasteiger partial charge on any atom is -0.497 e. The van der Waals surface area contributed by atoms with Crippen molar-refractivity contribution in [2.75, 3.05) is 7.11 Å². The molecular formula is C22H30O2. The summed E-state index contributed by atoms with van der Waals surface area (Å²) in [7, 11) is 1.78. The van der Waals surface area contributed by atoms with E-state index in [2.05, 4.69) is 39.0 Å². The van der Waals surface area contributed by atoms with Gasteiger partial charge in [0.2, 0.25) is 0 Å². The van der Waals surface area contributed by atoms with Crippen LogP contribution in [0.2, 0.25) is 0 Å². The largest absolute Gasteiger partial charge is 0.497 e. The Kier molecular flexibility index (Phi) is 2.91. The zero-order chi connectivity index (χ0) is 16.7. The molecule has 2 nitrogen and oxygen atoms in total. The Labute approximate surface area is 145 Å². The van der Waals surface area contributed by atoms with E-state index in [9.17, 15) is 0 Å². The van der Waals surface area contributed by atoms with Gasteiger partial charge in [-0.1, -0.05) is 26.8 Å². The molecule has 1 saturated heterocycles. The molecule has 1 aromatic carbocycles. The van der Waals surface area contributed by atoms with E-state index in [-0.39, 0.29) is 11.2 Å². The molecule has 2 heteroatoms. The highest BCUT2D eigenvalue weighted by atomic mass is 16.6. The van der Waals surface area contributed by atoms with E-state index in [1.54, 1.807) is 7.11 Å². The molecular weight excluding hydrogens is 296 g/mol. The first-order valence-corrected chi connectivity index (χ1v) is 9.82. The fourth-order valence-electron chi connectivity index (χ4n) is 6.93. The third-order valence-corrected chi connectivity index (χ3v) is 8.08. The molecule has 0 N–H and O–H groups in total. The summed E-state index contributed by atoms with van der Waals surface area (Å²) >= 11 is 0. The zero-order valence-electron chi connectivity index (χ0n) is 15.5. The highest BCUT2D eigenvalue weighted by Crippen LogP contribution is 2.76. The van der Waals surface area contributed by atoms with Gasteiger partial charge in [-0.05, 0) is 79.0 Å². The molecule has 3 aliphatic carbocycles. The van der Waals surface area contributed by atoms with Gasteiger partial charge in [0.05, 0.1) is 7.11 Å². The van der Waals surface area contributed by atoms with Crippen molar-refractivity contribution >= 4 is 0 Å². The molecule has 130 valence electrons. The van der Waals surface area contributed by atoms with Crippen LogP contribution >= 0.6 is 0 Å². The van der Waals surface area contributed by atoms with Crippen LogP contribution in [0.15, 0.2) is 18.2 Å². The number of rotatable bonds is 1. The maximum absolute atomic E-state index is 6.94. The van der Waals surface area contributed by atoms with Gasteiger partial charge in [0.25, 0.3) is 0 Å². The molecule has 4 aliphatic rings. The summed E-state index contributed by atoms with van der Waals surface area (Å²) in [6.45, 7) is 7.44. The summed E-state index contributed by atoms with van der Waals surface area (Å²) in [5.41, 5.74) is 3.45. The second-order valence-electron chi connectivity index (χ2n) is 9.51. The first-order valence-electron chi connectivity index (χ1n) is 9.82. The first-order chi connectivity index (χ1) is 11.4. The second kappa shape index (κ2) is 4.58. The van der Waals surface area contributed by atoms with E-state index in [1.165, 1.54) is 49.7 Å². The first kappa shape index (κ1) is 15.3. The number of epoxide rings is 1. The van der Waals surface area contributed by atoms with Crippen molar-refractivity contribution < 1.29 is 9.47 Å². The quantitative estimate of drug-likeness (QED) is 0.671. The number of ether oxygens (including phenoxy) is 2. The molecule has 3 fully saturated rings. The highest BCUT2D eigenvalue weighted by molar-refractivity contribution is 5.51. The summed E-state index contributed by atoms with van der Waals surface area (Å²) in [6, 6.07) is 6.71. The van der Waals surface area contributed by atoms with Crippen LogP contribution in [-0.4, -0.2) is 12.7 Å². The van der Waals surface area contributed by atoms with Gasteiger partial charge in [-0.2, -0.15) is 0 Å². The zero-order valence-corrected chi connectivity index (χ0v) is 15.5. The van der Waals surface area contributed by atoms with Gasteiger partial charge >= 0.3 is 0 Å². The van der Waals surface area contributed by atoms with Crippen molar-refractivity contribution in [1.29, 1.82) is 0 Å². The molecule has 0 aromatic heterocycles. The van der Waals surface area contributed by atoms with E-state index in [0.717, 1.165) is 11.7 Å². The molecule has 0 bridgehead atoms. The number of benzene rings is 1. The molecule has 0 unspecified atom stereocenters. The molecule has 1 aliphatic heterocycles. The molecule has 2 saturated carbocycles. The van der Waals surface area contributed by atoms with Crippen molar-refractivity contribution in [3.05, 3.63) is 29.3 Å². The number of hydrogen-bond donors (Lipinski definition) is 0. The molecule has 2 spiro atoms. The van der Waals surface area contributed by atoms with Gasteiger partial charge in [0.15, 0.2) is 0 Å². The van der Waals surface area contributed by atoms with Crippen molar-refractivity contribution in [1.82, 2.24) is 0 Å². The summed E-state index contributed by atoms with van der Waals surface area (Å²) < 4.78 is 12.5. The van der Waals surface area contributed by atoms with Crippen molar-refractivity contribution in [3.63, 3.8) is 0 Å². The average molecular weight is 326 g/mol. The summed E-state index contributed by atoms with van der Waals surface area (Å²) in [4.78, 5) is 0. The Bertz CT molecular complexity index is 693. The predicted octanol–water partition coefficient (Wildman–Crippen LogP) is 5.09. The highest BCUT2D eigenvalue weighted by Gasteiger charge is 2.81. The lowest BCUT2D eigenvalue weighted by Gasteiger charge is -2.44. The molecule has 24 heavy (non-hydrogen) atoms. The second-order valence-corrected chi connectivity index (χ2v) is 9.51. The van der Waals surface area contributed by atoms with Crippen LogP contribution in [0.25, 0.3) is 0 Å². The fraction of sp³-hybridized carbons (Fsp3) is 0.727. The third kappa shape index (κ3) is 1.62. The van der Waals surface area contributed by atoms with Crippen LogP contribution in [0.5, 0.6) is 5.75 Å². The van der Waals surface area contributed by atoms with E-state index >= 15 is 0 Å². The number of fused-ring (bicyclic) bond motifs is 1. The van der Waals surface area contributed by atoms with Crippen molar-refractivity contribution in [3.8, 4) is 5.75 Å². The van der Waals surface area contributed by atoms with E-state index in [1.807, 2.05) is 0 Å². The standard InChI is InChI=1S/C22H30O2/c1-14-6-9-19-20(2,3)10-5-11-21(19)22(24-21)17(14)12-15-7-8-16(23-4)13-18(15)22/h7-8,13-14,17,19H,5-6,9-12H2,1-4H3/t14-,17+,19+,21+,22+/m1/s1. The minimum atomic E-state index is -0.0187. The van der Waals surface area contributed by atoms with Gasteiger partial charge in [-0.15, -0.1) is 0 Å². The lowest BCUT2D eigenvalue weighted by atomic mass is 9.58. The Hall–Kier alpha value is -1.02. The Balaban J connectivity index is 1.69. The molecule has 1 heterocycles. The predicted molar refractivity (Wildman–Crippen MR) is 95.2 cm³/mol. The maximum atomic E-state index is 6.94. The van der Waals surface area contributed by atoms with Crippen LogP contribution in [0.3, 0.4) is 0 Å². The molecule has 5 rings (SSSR count). The number of methoxy groups -OCH3 is 1. The normalized spacial score (nSPS) is 44.6. The third-order valence-electron chi connectivity index (χ3n) is 8.08. The maximum Gasteiger partial charge on any atom is 0.127 e. The summed E-state index contributed by atoms with van der Waals surface area (Å²) in [5.74, 6) is 3.07. The van der Waals surface area contributed by atoms with Crippen LogP contribution in [0.1, 0.15) is 64.0 Å². The van der Waals surface area contributed by atoms with Gasteiger partial charge in [0.1, 0.15) is 17.0 Å². The fourth-order valence-corrected chi connectivity index (χ4v) is 6.93. The Morgan fingerprint density at radius 1 is 1.17 bits per heavy atom. The van der Waals surface area contributed by atoms with Gasteiger partial charge in [-0.25, -0.2) is 0 Å². The van der Waals surface area contributed by atoms with Gasteiger partial charge in [-0.3, -0.25) is 0 Å². The summed E-state index contributed by atoms with van der Waals surface area (Å²) in [5, 5.41) is 0. The van der Waals surface area contributed by atoms with Gasteiger partial charge in [0, 0.05) is 5.92 Å². The Morgan fingerprint density at radius 3 is 2.79 bits per heavy atom. The van der Waals surface area contributed by atoms with E-state index in [4.69, 9.17) is 9.47 Å². The smallest absolute Gasteiger partial charge is 0.127 e. The SMILES string of the molecule is COc1ccc2c(c1)[C@]13O[C@]14CCCC(C)(C)[C@@H]4CC[C@@H](C)[C@@H]3C2. The molecule has 0 radical (unpaired) electrons. The van der Waals surface area contributed by atoms with Crippen LogP contribution in [-0.2, 0) is 16.8 Å². The van der Waals surface area contributed by atoms with Crippen LogP contribution in [0, 0.1) is 23.2 Å². The van der Waals surface area contributed by atoms with Crippen LogP contribution in [0.4, 0.5) is 0 Å². The number of hydrogen-bond acceptors (Lipinski definition) is 2. The lowest BCUT2D eigenvalue weighted by molar-refractivity contribution is 0.0322. The van der Waals surface area contributed by atoms with Crippen molar-refractivity contribution in [2.45, 2.75) is 70.5 Å². The van der Waals surface area contributed by atoms with Crippen LogP contribution < -0.4 is 4.74 Å². The molecule has 1 aromatic rings. The monoisotopic (exact) mass is 326 g/mol. The van der Waals surface area contributed by atoms with Gasteiger partial charge < -0.3 is 9.47 Å².